The molecular formula is C13H12ClFN2O. The van der Waals surface area contributed by atoms with Crippen LogP contribution in [0.4, 0.5) is 4.39 Å². The number of halogens is 2. The lowest BCUT2D eigenvalue weighted by Gasteiger charge is -2.05. The van der Waals surface area contributed by atoms with E-state index in [4.69, 9.17) is 17.3 Å². The first kappa shape index (κ1) is 12.8. The first-order valence-electron chi connectivity index (χ1n) is 5.49. The minimum atomic E-state index is -0.624. The molecule has 2 rings (SSSR count). The van der Waals surface area contributed by atoms with Gasteiger partial charge < -0.3 is 5.73 Å². The zero-order valence-electron chi connectivity index (χ0n) is 9.57. The lowest BCUT2D eigenvalue weighted by Crippen LogP contribution is -2.12. The van der Waals surface area contributed by atoms with Crippen LogP contribution in [0.2, 0.25) is 5.02 Å². The molecule has 18 heavy (non-hydrogen) atoms. The summed E-state index contributed by atoms with van der Waals surface area (Å²) in [5.41, 5.74) is 6.24. The van der Waals surface area contributed by atoms with Crippen molar-refractivity contribution in [3.05, 3.63) is 58.6 Å². The van der Waals surface area contributed by atoms with E-state index in [1.807, 2.05) is 0 Å². The van der Waals surface area contributed by atoms with E-state index in [9.17, 15) is 9.18 Å². The normalized spacial score (nSPS) is 10.6. The Hall–Kier alpha value is -1.65. The molecule has 94 valence electrons. The van der Waals surface area contributed by atoms with Gasteiger partial charge in [0.15, 0.2) is 0 Å². The van der Waals surface area contributed by atoms with Crippen LogP contribution >= 0.6 is 11.6 Å². The second-order valence-corrected chi connectivity index (χ2v) is 4.27. The van der Waals surface area contributed by atoms with Gasteiger partial charge in [-0.2, -0.15) is 0 Å². The average molecular weight is 267 g/mol. The van der Waals surface area contributed by atoms with Crippen LogP contribution in [0.5, 0.6) is 0 Å². The number of aromatic nitrogens is 1. The van der Waals surface area contributed by atoms with Gasteiger partial charge in [0.1, 0.15) is 5.82 Å². The van der Waals surface area contributed by atoms with Crippen molar-refractivity contribution in [3.8, 4) is 0 Å². The number of benzene rings is 1. The molecule has 0 aliphatic rings. The SMILES string of the molecule is NCCc1ccn(C(=O)c2c(F)cccc2Cl)c1. The number of nitrogens with zero attached hydrogens (tertiary/aromatic N) is 1. The van der Waals surface area contributed by atoms with Gasteiger partial charge in [0.2, 0.25) is 0 Å². The van der Waals surface area contributed by atoms with Crippen molar-refractivity contribution in [1.29, 1.82) is 0 Å². The number of nitrogens with two attached hydrogens (primary N) is 1. The maximum atomic E-state index is 13.6. The third-order valence-corrected chi connectivity index (χ3v) is 2.91. The van der Waals surface area contributed by atoms with Gasteiger partial charge in [0, 0.05) is 12.4 Å². The van der Waals surface area contributed by atoms with Crippen molar-refractivity contribution in [1.82, 2.24) is 4.57 Å². The number of rotatable bonds is 3. The predicted molar refractivity (Wildman–Crippen MR) is 68.3 cm³/mol. The molecule has 1 aromatic carbocycles. The molecule has 5 heteroatoms. The molecule has 0 atom stereocenters. The van der Waals surface area contributed by atoms with E-state index in [2.05, 4.69) is 0 Å². The Labute approximate surface area is 109 Å². The molecule has 2 aromatic rings. The number of hydrogen-bond acceptors (Lipinski definition) is 2. The van der Waals surface area contributed by atoms with Crippen LogP contribution in [0.25, 0.3) is 0 Å². The fourth-order valence-electron chi connectivity index (χ4n) is 1.71. The Morgan fingerprint density at radius 1 is 1.39 bits per heavy atom. The molecule has 1 aromatic heterocycles. The standard InChI is InChI=1S/C13H12ClFN2O/c14-10-2-1-3-11(15)12(10)13(18)17-7-5-9(8-17)4-6-16/h1-3,5,7-8H,4,6,16H2. The highest BCUT2D eigenvalue weighted by molar-refractivity contribution is 6.33. The van der Waals surface area contributed by atoms with Crippen LogP contribution in [0.15, 0.2) is 36.7 Å². The van der Waals surface area contributed by atoms with E-state index in [1.165, 1.54) is 22.8 Å². The van der Waals surface area contributed by atoms with Crippen LogP contribution in [0.1, 0.15) is 15.9 Å². The van der Waals surface area contributed by atoms with Crippen molar-refractivity contribution in [2.45, 2.75) is 6.42 Å². The van der Waals surface area contributed by atoms with Gasteiger partial charge in [-0.25, -0.2) is 4.39 Å². The molecule has 0 fully saturated rings. The summed E-state index contributed by atoms with van der Waals surface area (Å²) in [7, 11) is 0. The molecule has 0 radical (unpaired) electrons. The van der Waals surface area contributed by atoms with E-state index in [0.29, 0.717) is 13.0 Å². The van der Waals surface area contributed by atoms with Gasteiger partial charge in [-0.3, -0.25) is 9.36 Å². The van der Waals surface area contributed by atoms with Crippen LogP contribution in [0, 0.1) is 5.82 Å². The Morgan fingerprint density at radius 2 is 2.17 bits per heavy atom. The van der Waals surface area contributed by atoms with Crippen LogP contribution in [-0.2, 0) is 6.42 Å². The van der Waals surface area contributed by atoms with Crippen LogP contribution < -0.4 is 5.73 Å². The Bertz CT molecular complexity index is 560. The second-order valence-electron chi connectivity index (χ2n) is 3.87. The van der Waals surface area contributed by atoms with E-state index in [-0.39, 0.29) is 10.6 Å². The molecule has 0 amide bonds. The van der Waals surface area contributed by atoms with Gasteiger partial charge in [-0.1, -0.05) is 17.7 Å². The highest BCUT2D eigenvalue weighted by atomic mass is 35.5. The summed E-state index contributed by atoms with van der Waals surface area (Å²) in [4.78, 5) is 12.1. The van der Waals surface area contributed by atoms with Crippen molar-refractivity contribution in [2.24, 2.45) is 5.73 Å². The maximum absolute atomic E-state index is 13.6. The van der Waals surface area contributed by atoms with Crippen molar-refractivity contribution >= 4 is 17.5 Å². The number of carbonyl (C=O) groups is 1. The molecule has 0 bridgehead atoms. The summed E-state index contributed by atoms with van der Waals surface area (Å²) in [5.74, 6) is -1.11. The Morgan fingerprint density at radius 3 is 2.83 bits per heavy atom. The average Bonchev–Trinajstić information content (AvgIpc) is 2.78. The molecule has 3 nitrogen and oxygen atoms in total. The molecular weight excluding hydrogens is 255 g/mol. The summed E-state index contributed by atoms with van der Waals surface area (Å²) < 4.78 is 14.9. The van der Waals surface area contributed by atoms with Crippen molar-refractivity contribution in [3.63, 3.8) is 0 Å². The molecule has 0 saturated carbocycles. The van der Waals surface area contributed by atoms with Gasteiger partial charge in [-0.15, -0.1) is 0 Å². The van der Waals surface area contributed by atoms with Crippen LogP contribution in [0.3, 0.4) is 0 Å². The molecule has 0 unspecified atom stereocenters. The third-order valence-electron chi connectivity index (χ3n) is 2.60. The molecule has 2 N–H and O–H groups in total. The van der Waals surface area contributed by atoms with Gasteiger partial charge in [-0.05, 0) is 36.7 Å². The number of hydrogen-bond donors (Lipinski definition) is 1. The quantitative estimate of drug-likeness (QED) is 0.928. The lowest BCUT2D eigenvalue weighted by atomic mass is 10.2. The molecule has 0 spiro atoms. The minimum Gasteiger partial charge on any atom is -0.330 e. The second kappa shape index (κ2) is 5.33. The van der Waals surface area contributed by atoms with E-state index >= 15 is 0 Å². The van der Waals surface area contributed by atoms with Crippen molar-refractivity contribution in [2.75, 3.05) is 6.54 Å². The first-order valence-corrected chi connectivity index (χ1v) is 5.87. The summed E-state index contributed by atoms with van der Waals surface area (Å²) in [5, 5.41) is 0.106. The predicted octanol–water partition coefficient (Wildman–Crippen LogP) is 2.47. The minimum absolute atomic E-state index is 0.106. The third kappa shape index (κ3) is 2.44. The molecule has 0 aliphatic carbocycles. The zero-order valence-corrected chi connectivity index (χ0v) is 10.3. The first-order chi connectivity index (χ1) is 8.63. The Kier molecular flexibility index (Phi) is 3.79. The number of carbonyl (C=O) groups excluding carboxylic acids is 1. The summed E-state index contributed by atoms with van der Waals surface area (Å²) in [6.45, 7) is 0.499. The van der Waals surface area contributed by atoms with Gasteiger partial charge in [0.05, 0.1) is 10.6 Å². The topological polar surface area (TPSA) is 48.0 Å². The zero-order chi connectivity index (χ0) is 13.1. The highest BCUT2D eigenvalue weighted by Gasteiger charge is 2.17. The maximum Gasteiger partial charge on any atom is 0.266 e. The van der Waals surface area contributed by atoms with Gasteiger partial charge in [0.25, 0.3) is 5.91 Å². The highest BCUT2D eigenvalue weighted by Crippen LogP contribution is 2.20. The van der Waals surface area contributed by atoms with Crippen molar-refractivity contribution < 1.29 is 9.18 Å². The van der Waals surface area contributed by atoms with E-state index < -0.39 is 11.7 Å². The summed E-state index contributed by atoms with van der Waals surface area (Å²) >= 11 is 5.85. The molecule has 1 heterocycles. The van der Waals surface area contributed by atoms with Crippen LogP contribution in [-0.4, -0.2) is 17.0 Å². The Balaban J connectivity index is 2.35. The lowest BCUT2D eigenvalue weighted by molar-refractivity contribution is 0.0956. The van der Waals surface area contributed by atoms with E-state index in [1.54, 1.807) is 18.5 Å². The largest absolute Gasteiger partial charge is 0.330 e. The molecule has 0 aliphatic heterocycles. The fraction of sp³-hybridized carbons (Fsp3) is 0.154. The smallest absolute Gasteiger partial charge is 0.266 e. The van der Waals surface area contributed by atoms with E-state index in [0.717, 1.165) is 5.56 Å². The molecule has 0 saturated heterocycles. The fourth-order valence-corrected chi connectivity index (χ4v) is 1.96. The monoisotopic (exact) mass is 266 g/mol. The summed E-state index contributed by atoms with van der Waals surface area (Å²) in [6, 6.07) is 5.94. The van der Waals surface area contributed by atoms with Gasteiger partial charge >= 0.3 is 0 Å². The summed E-state index contributed by atoms with van der Waals surface area (Å²) in [6.07, 6.45) is 3.89.